The zero-order chi connectivity index (χ0) is 21.0. The van der Waals surface area contributed by atoms with E-state index in [1.165, 1.54) is 0 Å². The number of hydrogen-bond acceptors (Lipinski definition) is 4. The molecule has 0 fully saturated rings. The van der Waals surface area contributed by atoms with Crippen molar-refractivity contribution in [2.75, 3.05) is 11.5 Å². The van der Waals surface area contributed by atoms with Gasteiger partial charge < -0.3 is 20.5 Å². The van der Waals surface area contributed by atoms with E-state index in [2.05, 4.69) is 0 Å². The maximum absolute atomic E-state index is 13.2. The number of benzene rings is 2. The Kier molecular flexibility index (Phi) is 6.16. The number of para-hydroxylation sites is 1. The number of carboxylic acids is 1. The summed E-state index contributed by atoms with van der Waals surface area (Å²) in [6, 6.07) is 13.7. The molecule has 2 atom stereocenters. The zero-order valence-corrected chi connectivity index (χ0v) is 16.2. The fourth-order valence-corrected chi connectivity index (χ4v) is 3.63. The summed E-state index contributed by atoms with van der Waals surface area (Å²) in [7, 11) is 0. The molecule has 0 aromatic heterocycles. The number of hydrogen-bond donors (Lipinski definition) is 2. The molecule has 3 N–H and O–H groups in total. The van der Waals surface area contributed by atoms with Gasteiger partial charge in [-0.2, -0.15) is 0 Å². The molecule has 7 nitrogen and oxygen atoms in total. The number of carbonyl (C=O) groups is 3. The number of carbonyl (C=O) groups excluding carboxylic acids is 2. The first-order valence-corrected chi connectivity index (χ1v) is 9.55. The monoisotopic (exact) mass is 396 g/mol. The van der Waals surface area contributed by atoms with Crippen molar-refractivity contribution in [2.24, 2.45) is 5.73 Å². The van der Waals surface area contributed by atoms with Crippen molar-refractivity contribution in [1.82, 2.24) is 0 Å². The molecule has 29 heavy (non-hydrogen) atoms. The molecule has 2 amide bonds. The van der Waals surface area contributed by atoms with Crippen LogP contribution in [0.4, 0.5) is 5.69 Å². The maximum atomic E-state index is 13.2. The topological polar surface area (TPSA) is 110 Å². The van der Waals surface area contributed by atoms with Gasteiger partial charge in [-0.05, 0) is 55.7 Å². The lowest BCUT2D eigenvalue weighted by Crippen LogP contribution is -2.44. The van der Waals surface area contributed by atoms with E-state index >= 15 is 0 Å². The van der Waals surface area contributed by atoms with E-state index < -0.39 is 11.9 Å². The molecule has 0 radical (unpaired) electrons. The number of aliphatic carboxylic acids is 1. The minimum Gasteiger partial charge on any atom is -0.494 e. The number of carboxylic acid groups (broad SMARTS) is 1. The molecule has 0 saturated heterocycles. The van der Waals surface area contributed by atoms with Gasteiger partial charge >= 0.3 is 5.97 Å². The Balaban J connectivity index is 1.76. The molecule has 0 spiro atoms. The summed E-state index contributed by atoms with van der Waals surface area (Å²) < 4.78 is 5.56. The molecule has 0 bridgehead atoms. The van der Waals surface area contributed by atoms with Crippen LogP contribution in [0.15, 0.2) is 48.5 Å². The van der Waals surface area contributed by atoms with Crippen LogP contribution in [-0.4, -0.2) is 35.5 Å². The number of anilines is 1. The molecule has 3 rings (SSSR count). The average Bonchev–Trinajstić information content (AvgIpc) is 2.70. The van der Waals surface area contributed by atoms with Crippen LogP contribution >= 0.6 is 0 Å². The average molecular weight is 396 g/mol. The first-order chi connectivity index (χ1) is 13.9. The van der Waals surface area contributed by atoms with Gasteiger partial charge in [0.25, 0.3) is 5.91 Å². The second kappa shape index (κ2) is 8.77. The van der Waals surface area contributed by atoms with E-state index in [9.17, 15) is 19.5 Å². The predicted octanol–water partition coefficient (Wildman–Crippen LogP) is 2.94. The van der Waals surface area contributed by atoms with Gasteiger partial charge in [-0.15, -0.1) is 0 Å². The summed E-state index contributed by atoms with van der Waals surface area (Å²) in [5.74, 6) is -1.45. The molecule has 2 aromatic rings. The number of rotatable bonds is 7. The Labute approximate surface area is 169 Å². The lowest BCUT2D eigenvalue weighted by molar-refractivity contribution is -0.139. The molecule has 152 valence electrons. The molecule has 0 aliphatic carbocycles. The van der Waals surface area contributed by atoms with Crippen LogP contribution in [0.1, 0.15) is 48.0 Å². The third kappa shape index (κ3) is 4.56. The van der Waals surface area contributed by atoms with E-state index in [0.717, 1.165) is 0 Å². The van der Waals surface area contributed by atoms with Crippen molar-refractivity contribution < 1.29 is 24.2 Å². The summed E-state index contributed by atoms with van der Waals surface area (Å²) in [4.78, 5) is 37.2. The molecule has 2 aromatic carbocycles. The number of amides is 2. The largest absolute Gasteiger partial charge is 0.494 e. The third-order valence-corrected chi connectivity index (χ3v) is 5.04. The van der Waals surface area contributed by atoms with Gasteiger partial charge in [0, 0.05) is 23.7 Å². The fraction of sp³-hybridized carbons (Fsp3) is 0.318. The number of nitrogens with zero attached hydrogens (tertiary/aromatic N) is 1. The number of nitrogens with two attached hydrogens (primary N) is 1. The van der Waals surface area contributed by atoms with Crippen LogP contribution in [0.5, 0.6) is 5.75 Å². The van der Waals surface area contributed by atoms with Gasteiger partial charge in [0.05, 0.1) is 12.5 Å². The first-order valence-electron chi connectivity index (χ1n) is 9.55. The highest BCUT2D eigenvalue weighted by Gasteiger charge is 2.37. The smallest absolute Gasteiger partial charge is 0.311 e. The summed E-state index contributed by atoms with van der Waals surface area (Å²) >= 11 is 0. The molecule has 7 heteroatoms. The third-order valence-electron chi connectivity index (χ3n) is 5.04. The van der Waals surface area contributed by atoms with E-state index in [4.69, 9.17) is 10.5 Å². The Morgan fingerprint density at radius 3 is 2.48 bits per heavy atom. The molecule has 1 aliphatic rings. The van der Waals surface area contributed by atoms with Crippen LogP contribution in [0, 0.1) is 0 Å². The highest BCUT2D eigenvalue weighted by molar-refractivity contribution is 6.07. The van der Waals surface area contributed by atoms with Crippen molar-refractivity contribution in [3.05, 3.63) is 59.7 Å². The highest BCUT2D eigenvalue weighted by atomic mass is 16.5. The Hall–Kier alpha value is -3.35. The standard InChI is InChI=1S/C22H24N2O5/c1-14-13-18(22(27)28)17-5-2-3-6-19(17)24(14)21(26)15-8-10-16(11-9-15)29-12-4-7-20(23)25/h2-3,5-6,8-11,14,18H,4,7,12-13H2,1H3,(H2,23,25)(H,27,28)/t14-,18+/m0/s1. The Morgan fingerprint density at radius 2 is 1.83 bits per heavy atom. The van der Waals surface area contributed by atoms with Crippen LogP contribution < -0.4 is 15.4 Å². The van der Waals surface area contributed by atoms with Crippen LogP contribution in [0.3, 0.4) is 0 Å². The second-order valence-electron chi connectivity index (χ2n) is 7.15. The number of fused-ring (bicyclic) bond motifs is 1. The Morgan fingerprint density at radius 1 is 1.14 bits per heavy atom. The van der Waals surface area contributed by atoms with Gasteiger partial charge in [-0.1, -0.05) is 18.2 Å². The normalized spacial score (nSPS) is 18.0. The van der Waals surface area contributed by atoms with E-state index in [1.54, 1.807) is 53.4 Å². The molecule has 1 aliphatic heterocycles. The minimum absolute atomic E-state index is 0.186. The summed E-state index contributed by atoms with van der Waals surface area (Å²) in [6.45, 7) is 2.23. The van der Waals surface area contributed by atoms with E-state index in [1.807, 2.05) is 6.92 Å². The highest BCUT2D eigenvalue weighted by Crippen LogP contribution is 2.39. The van der Waals surface area contributed by atoms with E-state index in [0.29, 0.717) is 42.0 Å². The quantitative estimate of drug-likeness (QED) is 0.699. The molecular formula is C22H24N2O5. The maximum Gasteiger partial charge on any atom is 0.311 e. The molecule has 1 heterocycles. The molecule has 0 saturated carbocycles. The number of ether oxygens (including phenoxy) is 1. The predicted molar refractivity (Wildman–Crippen MR) is 108 cm³/mol. The molecule has 0 unspecified atom stereocenters. The minimum atomic E-state index is -0.880. The number of primary amides is 1. The second-order valence-corrected chi connectivity index (χ2v) is 7.15. The zero-order valence-electron chi connectivity index (χ0n) is 16.2. The van der Waals surface area contributed by atoms with Gasteiger partial charge in [-0.25, -0.2) is 0 Å². The van der Waals surface area contributed by atoms with Gasteiger partial charge in [0.15, 0.2) is 0 Å². The summed E-state index contributed by atoms with van der Waals surface area (Å²) in [6.07, 6.45) is 1.15. The van der Waals surface area contributed by atoms with Gasteiger partial charge in [-0.3, -0.25) is 14.4 Å². The van der Waals surface area contributed by atoms with Crippen molar-refractivity contribution >= 4 is 23.5 Å². The van der Waals surface area contributed by atoms with E-state index in [-0.39, 0.29) is 24.3 Å². The summed E-state index contributed by atoms with van der Waals surface area (Å²) in [5, 5.41) is 9.55. The van der Waals surface area contributed by atoms with Crippen LogP contribution in [0.2, 0.25) is 0 Å². The SMILES string of the molecule is C[C@H]1C[C@@H](C(=O)O)c2ccccc2N1C(=O)c1ccc(OCCCC(N)=O)cc1. The van der Waals surface area contributed by atoms with Gasteiger partial charge in [0.1, 0.15) is 5.75 Å². The summed E-state index contributed by atoms with van der Waals surface area (Å²) in [5.41, 5.74) is 6.88. The van der Waals surface area contributed by atoms with Gasteiger partial charge in [0.2, 0.25) is 5.91 Å². The molecular weight excluding hydrogens is 372 g/mol. The Bertz CT molecular complexity index is 910. The fourth-order valence-electron chi connectivity index (χ4n) is 3.63. The van der Waals surface area contributed by atoms with Crippen molar-refractivity contribution in [3.63, 3.8) is 0 Å². The van der Waals surface area contributed by atoms with Crippen molar-refractivity contribution in [3.8, 4) is 5.75 Å². The van der Waals surface area contributed by atoms with Crippen LogP contribution in [0.25, 0.3) is 0 Å². The van der Waals surface area contributed by atoms with Crippen molar-refractivity contribution in [1.29, 1.82) is 0 Å². The lowest BCUT2D eigenvalue weighted by atomic mass is 9.85. The van der Waals surface area contributed by atoms with Crippen LogP contribution in [-0.2, 0) is 9.59 Å². The first kappa shape index (κ1) is 20.4. The lowest BCUT2D eigenvalue weighted by Gasteiger charge is -2.38. The van der Waals surface area contributed by atoms with Crippen molar-refractivity contribution in [2.45, 2.75) is 38.1 Å².